The lowest BCUT2D eigenvalue weighted by Crippen LogP contribution is -2.58. The van der Waals surface area contributed by atoms with E-state index in [1.165, 1.54) is 10.9 Å². The first-order chi connectivity index (χ1) is 17.4. The number of nitrogens with one attached hydrogen (secondary N) is 1. The molecule has 1 atom stereocenters. The molecule has 1 aromatic carbocycles. The van der Waals surface area contributed by atoms with Gasteiger partial charge in [-0.2, -0.15) is 0 Å². The number of carbonyl (C=O) groups excluding carboxylic acids is 1. The van der Waals surface area contributed by atoms with Crippen LogP contribution < -0.4 is 10.1 Å². The van der Waals surface area contributed by atoms with Gasteiger partial charge in [0.05, 0.1) is 25.3 Å². The average molecular weight is 499 g/mol. The summed E-state index contributed by atoms with van der Waals surface area (Å²) < 4.78 is 13.3. The van der Waals surface area contributed by atoms with Crippen LogP contribution in [0.1, 0.15) is 56.8 Å². The Morgan fingerprint density at radius 2 is 1.97 bits per heavy atom. The predicted octanol–water partition coefficient (Wildman–Crippen LogP) is 3.41. The number of piperidine rings is 1. The molecule has 2 aromatic rings. The third-order valence-corrected chi connectivity index (χ3v) is 8.66. The van der Waals surface area contributed by atoms with Gasteiger partial charge < -0.3 is 34.3 Å². The number of benzene rings is 1. The number of ether oxygens (including phenoxy) is 2. The third kappa shape index (κ3) is 4.48. The van der Waals surface area contributed by atoms with Crippen LogP contribution in [0.3, 0.4) is 0 Å². The molecule has 2 N–H and O–H groups in total. The first-order valence-corrected chi connectivity index (χ1v) is 13.5. The molecule has 198 valence electrons. The lowest BCUT2D eigenvalue weighted by atomic mass is 9.68. The molecule has 2 fully saturated rings. The Kier molecular flexibility index (Phi) is 7.21. The first kappa shape index (κ1) is 25.4. The fraction of sp³-hybridized carbons (Fsp3) is 0.679. The Labute approximate surface area is 214 Å². The quantitative estimate of drug-likeness (QED) is 0.661. The van der Waals surface area contributed by atoms with Crippen molar-refractivity contribution < 1.29 is 19.4 Å². The van der Waals surface area contributed by atoms with Crippen molar-refractivity contribution in [1.82, 2.24) is 19.7 Å². The highest BCUT2D eigenvalue weighted by Gasteiger charge is 2.49. The molecule has 5 rings (SSSR count). The number of nitrogens with zero attached hydrogens (tertiary/aromatic N) is 3. The summed E-state index contributed by atoms with van der Waals surface area (Å²) in [5.74, 6) is 1.53. The van der Waals surface area contributed by atoms with Crippen molar-refractivity contribution in [2.75, 3.05) is 53.1 Å². The molecule has 1 aromatic heterocycles. The summed E-state index contributed by atoms with van der Waals surface area (Å²) in [5.41, 5.74) is 3.33. The van der Waals surface area contributed by atoms with E-state index in [2.05, 4.69) is 34.0 Å². The van der Waals surface area contributed by atoms with E-state index in [1.54, 1.807) is 7.11 Å². The van der Waals surface area contributed by atoms with Crippen LogP contribution in [-0.4, -0.2) is 84.7 Å². The minimum Gasteiger partial charge on any atom is -0.497 e. The molecule has 0 saturated carbocycles. The fourth-order valence-electron chi connectivity index (χ4n) is 6.77. The van der Waals surface area contributed by atoms with E-state index in [-0.39, 0.29) is 30.1 Å². The number of fused-ring (bicyclic) bond motifs is 4. The number of likely N-dealkylation sites (tertiary alicyclic amines) is 1. The van der Waals surface area contributed by atoms with E-state index < -0.39 is 0 Å². The summed E-state index contributed by atoms with van der Waals surface area (Å²) in [6.45, 7) is 9.42. The van der Waals surface area contributed by atoms with Gasteiger partial charge in [-0.1, -0.05) is 0 Å². The number of amides is 2. The Morgan fingerprint density at radius 1 is 1.25 bits per heavy atom. The van der Waals surface area contributed by atoms with Gasteiger partial charge in [-0.05, 0) is 76.2 Å². The summed E-state index contributed by atoms with van der Waals surface area (Å²) in [6.07, 6.45) is 4.30. The Bertz CT molecular complexity index is 1080. The summed E-state index contributed by atoms with van der Waals surface area (Å²) in [6, 6.07) is 5.83. The predicted molar refractivity (Wildman–Crippen MR) is 141 cm³/mol. The monoisotopic (exact) mass is 498 g/mol. The van der Waals surface area contributed by atoms with E-state index in [1.807, 2.05) is 24.8 Å². The van der Waals surface area contributed by atoms with E-state index in [9.17, 15) is 9.90 Å². The number of aromatic nitrogens is 1. The SMILES string of the molecule is COc1ccc2c3c(n(C)c2c1)[C@@H](CO)N(C(=O)NC(C)C)CC31CCN(CC2CCOCC2)CC1. The smallest absolute Gasteiger partial charge is 0.318 e. The standard InChI is InChI=1S/C28H42N4O4/c1-19(2)29-27(34)32-18-28(9-11-31(12-10-28)16-20-7-13-36-14-8-20)25-22-6-5-21(35-4)15-23(22)30(3)26(25)24(32)17-33/h5-6,15,19-20,24,33H,7-14,16-18H2,1-4H3,(H,29,34)/t24-/m1/s1. The van der Waals surface area contributed by atoms with Gasteiger partial charge in [0, 0.05) is 62.0 Å². The fourth-order valence-corrected chi connectivity index (χ4v) is 6.77. The molecule has 0 aliphatic carbocycles. The second-order valence-electron chi connectivity index (χ2n) is 11.3. The van der Waals surface area contributed by atoms with E-state index in [0.717, 1.165) is 75.5 Å². The molecule has 2 amide bonds. The highest BCUT2D eigenvalue weighted by Crippen LogP contribution is 2.50. The van der Waals surface area contributed by atoms with Crippen LogP contribution in [0.25, 0.3) is 10.9 Å². The van der Waals surface area contributed by atoms with Crippen LogP contribution in [0, 0.1) is 5.92 Å². The zero-order valence-corrected chi connectivity index (χ0v) is 22.3. The summed E-state index contributed by atoms with van der Waals surface area (Å²) in [4.78, 5) is 17.9. The van der Waals surface area contributed by atoms with Crippen molar-refractivity contribution in [3.05, 3.63) is 29.5 Å². The highest BCUT2D eigenvalue weighted by molar-refractivity contribution is 5.89. The maximum Gasteiger partial charge on any atom is 0.318 e. The Morgan fingerprint density at radius 3 is 2.61 bits per heavy atom. The lowest BCUT2D eigenvalue weighted by Gasteiger charge is -2.51. The number of aryl methyl sites for hydroxylation is 1. The number of carbonyl (C=O) groups is 1. The maximum atomic E-state index is 13.4. The molecule has 0 radical (unpaired) electrons. The van der Waals surface area contributed by atoms with Crippen molar-refractivity contribution in [2.24, 2.45) is 13.0 Å². The van der Waals surface area contributed by atoms with Crippen molar-refractivity contribution >= 4 is 16.9 Å². The molecule has 8 nitrogen and oxygen atoms in total. The highest BCUT2D eigenvalue weighted by atomic mass is 16.5. The molecular weight excluding hydrogens is 456 g/mol. The van der Waals surface area contributed by atoms with E-state index in [4.69, 9.17) is 9.47 Å². The zero-order chi connectivity index (χ0) is 25.4. The Balaban J connectivity index is 1.53. The summed E-state index contributed by atoms with van der Waals surface area (Å²) in [5, 5.41) is 14.9. The average Bonchev–Trinajstić information content (AvgIpc) is 3.18. The molecule has 4 heterocycles. The van der Waals surface area contributed by atoms with Gasteiger partial charge in [0.1, 0.15) is 5.75 Å². The van der Waals surface area contributed by atoms with Gasteiger partial charge in [-0.25, -0.2) is 4.79 Å². The molecule has 3 aliphatic heterocycles. The molecule has 0 bridgehead atoms. The molecule has 0 unspecified atom stereocenters. The topological polar surface area (TPSA) is 79.2 Å². The van der Waals surface area contributed by atoms with E-state index >= 15 is 0 Å². The van der Waals surface area contributed by atoms with Crippen molar-refractivity contribution in [1.29, 1.82) is 0 Å². The van der Waals surface area contributed by atoms with E-state index in [0.29, 0.717) is 12.5 Å². The van der Waals surface area contributed by atoms with Gasteiger partial charge in [0.2, 0.25) is 0 Å². The van der Waals surface area contributed by atoms with Gasteiger partial charge in [0.15, 0.2) is 0 Å². The van der Waals surface area contributed by atoms with Crippen LogP contribution >= 0.6 is 0 Å². The van der Waals surface area contributed by atoms with Crippen LogP contribution in [0.4, 0.5) is 4.79 Å². The lowest BCUT2D eigenvalue weighted by molar-refractivity contribution is 0.0350. The minimum atomic E-state index is -0.381. The molecular formula is C28H42N4O4. The normalized spacial score (nSPS) is 22.8. The van der Waals surface area contributed by atoms with Crippen LogP contribution in [0.5, 0.6) is 5.75 Å². The number of methoxy groups -OCH3 is 1. The number of aliphatic hydroxyl groups excluding tert-OH is 1. The van der Waals surface area contributed by atoms with Gasteiger partial charge in [-0.15, -0.1) is 0 Å². The number of urea groups is 1. The van der Waals surface area contributed by atoms with Crippen molar-refractivity contribution in [2.45, 2.75) is 57.0 Å². The first-order valence-electron chi connectivity index (χ1n) is 13.5. The number of hydrogen-bond acceptors (Lipinski definition) is 5. The zero-order valence-electron chi connectivity index (χ0n) is 22.3. The third-order valence-electron chi connectivity index (χ3n) is 8.66. The molecule has 1 spiro atoms. The molecule has 3 aliphatic rings. The second kappa shape index (κ2) is 10.2. The number of rotatable bonds is 5. The van der Waals surface area contributed by atoms with Gasteiger partial charge >= 0.3 is 6.03 Å². The van der Waals surface area contributed by atoms with Gasteiger partial charge in [0.25, 0.3) is 0 Å². The number of aliphatic hydroxyl groups is 1. The largest absolute Gasteiger partial charge is 0.497 e. The van der Waals surface area contributed by atoms with Crippen molar-refractivity contribution in [3.63, 3.8) is 0 Å². The molecule has 8 heteroatoms. The van der Waals surface area contributed by atoms with Gasteiger partial charge in [-0.3, -0.25) is 0 Å². The Hall–Kier alpha value is -2.29. The minimum absolute atomic E-state index is 0.0345. The van der Waals surface area contributed by atoms with Crippen LogP contribution in [0.2, 0.25) is 0 Å². The van der Waals surface area contributed by atoms with Crippen LogP contribution in [0.15, 0.2) is 18.2 Å². The molecule has 2 saturated heterocycles. The van der Waals surface area contributed by atoms with Crippen LogP contribution in [-0.2, 0) is 17.2 Å². The van der Waals surface area contributed by atoms with Crippen molar-refractivity contribution in [3.8, 4) is 5.75 Å². The molecule has 36 heavy (non-hydrogen) atoms. The summed E-state index contributed by atoms with van der Waals surface area (Å²) in [7, 11) is 3.75. The number of hydrogen-bond donors (Lipinski definition) is 2. The maximum absolute atomic E-state index is 13.4. The summed E-state index contributed by atoms with van der Waals surface area (Å²) >= 11 is 0. The second-order valence-corrected chi connectivity index (χ2v) is 11.3.